The molecular weight excluding hydrogens is 139 g/mol. The van der Waals surface area contributed by atoms with Crippen molar-refractivity contribution in [3.63, 3.8) is 0 Å². The molecule has 50 valence electrons. The molecule has 3 nitrogen and oxygen atoms in total. The number of H-pyrrole nitrogens is 1. The van der Waals surface area contributed by atoms with Gasteiger partial charge in [-0.2, -0.15) is 0 Å². The minimum Gasteiger partial charge on any atom is -0.847 e. The minimum absolute atomic E-state index is 0. The Morgan fingerprint density at radius 2 is 2.50 bits per heavy atom. The van der Waals surface area contributed by atoms with Crippen LogP contribution >= 0.6 is 0 Å². The van der Waals surface area contributed by atoms with E-state index in [1.165, 1.54) is 6.33 Å². The van der Waals surface area contributed by atoms with Gasteiger partial charge in [-0.05, 0) is 0 Å². The predicted octanol–water partition coefficient (Wildman–Crippen LogP) is -2.77. The molecule has 0 saturated carbocycles. The molecule has 10 heavy (non-hydrogen) atoms. The number of hydrogen-bond acceptors (Lipinski definition) is 2. The molecular formula is C6H9N2NaO. The molecule has 4 heteroatoms. The van der Waals surface area contributed by atoms with Crippen molar-refractivity contribution in [1.29, 1.82) is 0 Å². The molecule has 0 aliphatic heterocycles. The Morgan fingerprint density at radius 3 is 2.90 bits per heavy atom. The number of imidazole rings is 1. The fraction of sp³-hybridized carbons (Fsp3) is 0.500. The van der Waals surface area contributed by atoms with E-state index in [2.05, 4.69) is 9.97 Å². The van der Waals surface area contributed by atoms with Crippen molar-refractivity contribution >= 4 is 0 Å². The van der Waals surface area contributed by atoms with Gasteiger partial charge in [-0.1, -0.05) is 19.4 Å². The van der Waals surface area contributed by atoms with E-state index in [4.69, 9.17) is 0 Å². The van der Waals surface area contributed by atoms with E-state index in [1.807, 2.05) is 6.92 Å². The third kappa shape index (κ3) is 2.42. The van der Waals surface area contributed by atoms with Crippen molar-refractivity contribution in [2.45, 2.75) is 19.4 Å². The first-order valence-corrected chi connectivity index (χ1v) is 2.98. The van der Waals surface area contributed by atoms with Crippen LogP contribution < -0.4 is 34.7 Å². The summed E-state index contributed by atoms with van der Waals surface area (Å²) in [5.74, 6) is 0. The van der Waals surface area contributed by atoms with E-state index < -0.39 is 6.10 Å². The summed E-state index contributed by atoms with van der Waals surface area (Å²) >= 11 is 0. The van der Waals surface area contributed by atoms with Crippen molar-refractivity contribution in [2.75, 3.05) is 0 Å². The van der Waals surface area contributed by atoms with Crippen LogP contribution in [0.3, 0.4) is 0 Å². The van der Waals surface area contributed by atoms with E-state index in [0.717, 1.165) is 0 Å². The zero-order valence-corrected chi connectivity index (χ0v) is 8.29. The quantitative estimate of drug-likeness (QED) is 0.461. The molecule has 0 aliphatic rings. The summed E-state index contributed by atoms with van der Waals surface area (Å²) in [5, 5.41) is 10.9. The van der Waals surface area contributed by atoms with Crippen molar-refractivity contribution in [3.8, 4) is 0 Å². The SMILES string of the molecule is CCC([O-])c1cnc[nH]1.[Na+]. The average molecular weight is 148 g/mol. The summed E-state index contributed by atoms with van der Waals surface area (Å²) in [6, 6.07) is 0. The van der Waals surface area contributed by atoms with Gasteiger partial charge in [-0.15, -0.1) is 0 Å². The summed E-state index contributed by atoms with van der Waals surface area (Å²) in [7, 11) is 0. The molecule has 0 bridgehead atoms. The zero-order chi connectivity index (χ0) is 6.69. The Bertz CT molecular complexity index is 164. The monoisotopic (exact) mass is 148 g/mol. The first-order valence-electron chi connectivity index (χ1n) is 2.98. The molecule has 1 N–H and O–H groups in total. The second kappa shape index (κ2) is 4.91. The Hall–Kier alpha value is 0.170. The Kier molecular flexibility index (Phi) is 4.99. The zero-order valence-electron chi connectivity index (χ0n) is 6.29. The van der Waals surface area contributed by atoms with Crippen LogP contribution in [-0.4, -0.2) is 9.97 Å². The maximum Gasteiger partial charge on any atom is 1.00 e. The minimum atomic E-state index is -0.632. The fourth-order valence-corrected chi connectivity index (χ4v) is 0.663. The van der Waals surface area contributed by atoms with Crippen LogP contribution in [0.5, 0.6) is 0 Å². The Morgan fingerprint density at radius 1 is 1.80 bits per heavy atom. The molecule has 1 heterocycles. The predicted molar refractivity (Wildman–Crippen MR) is 31.6 cm³/mol. The van der Waals surface area contributed by atoms with Crippen LogP contribution in [0, 0.1) is 0 Å². The molecule has 0 amide bonds. The maximum atomic E-state index is 10.9. The molecule has 1 aromatic heterocycles. The number of aromatic nitrogens is 2. The molecule has 1 atom stereocenters. The largest absolute Gasteiger partial charge is 1.00 e. The van der Waals surface area contributed by atoms with Crippen LogP contribution in [0.1, 0.15) is 25.1 Å². The van der Waals surface area contributed by atoms with E-state index in [1.54, 1.807) is 6.20 Å². The number of nitrogens with one attached hydrogen (secondary N) is 1. The van der Waals surface area contributed by atoms with Crippen LogP contribution in [0.25, 0.3) is 0 Å². The molecule has 1 rings (SSSR count). The molecule has 0 saturated heterocycles. The molecule has 0 aliphatic carbocycles. The Labute approximate surface area is 82.2 Å². The van der Waals surface area contributed by atoms with Crippen LogP contribution in [0.2, 0.25) is 0 Å². The smallest absolute Gasteiger partial charge is 0.847 e. The number of hydrogen-bond donors (Lipinski definition) is 1. The first-order chi connectivity index (χ1) is 4.34. The molecule has 0 radical (unpaired) electrons. The van der Waals surface area contributed by atoms with Gasteiger partial charge in [0.25, 0.3) is 0 Å². The molecule has 1 unspecified atom stereocenters. The summed E-state index contributed by atoms with van der Waals surface area (Å²) in [5.41, 5.74) is 0.678. The van der Waals surface area contributed by atoms with E-state index in [9.17, 15) is 5.11 Å². The fourth-order valence-electron chi connectivity index (χ4n) is 0.663. The number of nitrogens with zero attached hydrogens (tertiary/aromatic N) is 1. The summed E-state index contributed by atoms with van der Waals surface area (Å²) in [4.78, 5) is 6.50. The first kappa shape index (κ1) is 10.2. The summed E-state index contributed by atoms with van der Waals surface area (Å²) < 4.78 is 0. The van der Waals surface area contributed by atoms with Crippen molar-refractivity contribution < 1.29 is 34.7 Å². The van der Waals surface area contributed by atoms with Gasteiger partial charge in [-0.3, -0.25) is 0 Å². The number of rotatable bonds is 2. The van der Waals surface area contributed by atoms with E-state index in [0.29, 0.717) is 12.1 Å². The second-order valence-corrected chi connectivity index (χ2v) is 1.90. The van der Waals surface area contributed by atoms with Crippen molar-refractivity contribution in [1.82, 2.24) is 9.97 Å². The van der Waals surface area contributed by atoms with E-state index in [-0.39, 0.29) is 29.6 Å². The van der Waals surface area contributed by atoms with Crippen LogP contribution in [0.15, 0.2) is 12.5 Å². The van der Waals surface area contributed by atoms with Gasteiger partial charge in [-0.25, -0.2) is 4.98 Å². The molecule has 0 fully saturated rings. The second-order valence-electron chi connectivity index (χ2n) is 1.90. The van der Waals surface area contributed by atoms with Gasteiger partial charge in [0.1, 0.15) is 0 Å². The average Bonchev–Trinajstić information content (AvgIpc) is 2.37. The maximum absolute atomic E-state index is 10.9. The standard InChI is InChI=1S/C6H9N2O.Na/c1-2-6(9)5-3-7-4-8-5;/h3-4,6H,2H2,1H3,(H,7,8);/q-1;+1. The third-order valence-electron chi connectivity index (χ3n) is 1.24. The van der Waals surface area contributed by atoms with Crippen molar-refractivity contribution in [2.24, 2.45) is 0 Å². The number of aromatic amines is 1. The molecule has 1 aromatic rings. The van der Waals surface area contributed by atoms with Gasteiger partial charge in [0, 0.05) is 11.9 Å². The summed E-state index contributed by atoms with van der Waals surface area (Å²) in [6.45, 7) is 1.86. The van der Waals surface area contributed by atoms with Gasteiger partial charge < -0.3 is 10.1 Å². The topological polar surface area (TPSA) is 51.7 Å². The molecule has 0 spiro atoms. The van der Waals surface area contributed by atoms with E-state index >= 15 is 0 Å². The Balaban J connectivity index is 0.000000810. The third-order valence-corrected chi connectivity index (χ3v) is 1.24. The van der Waals surface area contributed by atoms with Crippen molar-refractivity contribution in [3.05, 3.63) is 18.2 Å². The summed E-state index contributed by atoms with van der Waals surface area (Å²) in [6.07, 6.45) is 3.08. The molecule has 0 aromatic carbocycles. The van der Waals surface area contributed by atoms with Gasteiger partial charge >= 0.3 is 29.6 Å². The van der Waals surface area contributed by atoms with Gasteiger partial charge in [0.2, 0.25) is 0 Å². The van der Waals surface area contributed by atoms with Crippen LogP contribution in [-0.2, 0) is 0 Å². The van der Waals surface area contributed by atoms with Gasteiger partial charge in [0.05, 0.1) is 6.33 Å². The van der Waals surface area contributed by atoms with Crippen LogP contribution in [0.4, 0.5) is 0 Å². The van der Waals surface area contributed by atoms with Gasteiger partial charge in [0.15, 0.2) is 0 Å². The normalized spacial score (nSPS) is 12.2.